The molecule has 2 heterocycles. The maximum atomic E-state index is 12.3. The number of amides is 1. The fraction of sp³-hybridized carbons (Fsp3) is 0.333. The number of benzene rings is 1. The van der Waals surface area contributed by atoms with E-state index in [0.717, 1.165) is 18.5 Å². The highest BCUT2D eigenvalue weighted by atomic mass is 16.3. The van der Waals surface area contributed by atoms with E-state index in [1.54, 1.807) is 21.8 Å². The Morgan fingerprint density at radius 2 is 2.05 bits per heavy atom. The first kappa shape index (κ1) is 12.9. The van der Waals surface area contributed by atoms with Crippen LogP contribution in [0.3, 0.4) is 0 Å². The molecule has 1 aromatic carbocycles. The summed E-state index contributed by atoms with van der Waals surface area (Å²) in [5, 5.41) is 14.0. The molecule has 104 valence electrons. The van der Waals surface area contributed by atoms with Crippen LogP contribution in [0.2, 0.25) is 0 Å². The largest absolute Gasteiger partial charge is 0.391 e. The number of hydrogen-bond acceptors (Lipinski definition) is 3. The number of rotatable bonds is 2. The summed E-state index contributed by atoms with van der Waals surface area (Å²) in [6, 6.07) is 11.4. The van der Waals surface area contributed by atoms with Crippen LogP contribution in [0.15, 0.2) is 42.6 Å². The predicted molar refractivity (Wildman–Crippen MR) is 74.7 cm³/mol. The van der Waals surface area contributed by atoms with Gasteiger partial charge in [-0.05, 0) is 31.0 Å². The van der Waals surface area contributed by atoms with Gasteiger partial charge in [-0.25, -0.2) is 4.68 Å². The van der Waals surface area contributed by atoms with E-state index < -0.39 is 6.10 Å². The van der Waals surface area contributed by atoms with Gasteiger partial charge >= 0.3 is 0 Å². The molecule has 1 saturated heterocycles. The molecule has 0 saturated carbocycles. The maximum Gasteiger partial charge on any atom is 0.274 e. The van der Waals surface area contributed by atoms with Gasteiger partial charge in [0.25, 0.3) is 5.91 Å². The highest BCUT2D eigenvalue weighted by Crippen LogP contribution is 2.14. The number of aromatic nitrogens is 2. The van der Waals surface area contributed by atoms with Gasteiger partial charge in [-0.2, -0.15) is 5.10 Å². The van der Waals surface area contributed by atoms with Crippen molar-refractivity contribution in [3.05, 3.63) is 48.3 Å². The second-order valence-electron chi connectivity index (χ2n) is 5.03. The van der Waals surface area contributed by atoms with Crippen molar-refractivity contribution in [2.75, 3.05) is 13.1 Å². The van der Waals surface area contributed by atoms with Crippen LogP contribution >= 0.6 is 0 Å². The summed E-state index contributed by atoms with van der Waals surface area (Å²) >= 11 is 0. The molecule has 1 unspecified atom stereocenters. The summed E-state index contributed by atoms with van der Waals surface area (Å²) in [5.74, 6) is -0.113. The molecule has 5 nitrogen and oxygen atoms in total. The van der Waals surface area contributed by atoms with Crippen molar-refractivity contribution in [3.8, 4) is 5.69 Å². The SMILES string of the molecule is O=C(c1ccn(-c2ccccc2)n1)N1CCCC(O)C1. The van der Waals surface area contributed by atoms with Crippen molar-refractivity contribution in [1.82, 2.24) is 14.7 Å². The average Bonchev–Trinajstić information content (AvgIpc) is 2.97. The molecule has 1 amide bonds. The summed E-state index contributed by atoms with van der Waals surface area (Å²) in [4.78, 5) is 14.0. The minimum Gasteiger partial charge on any atom is -0.391 e. The zero-order valence-corrected chi connectivity index (χ0v) is 11.1. The van der Waals surface area contributed by atoms with E-state index in [0.29, 0.717) is 18.8 Å². The van der Waals surface area contributed by atoms with E-state index in [9.17, 15) is 9.90 Å². The third kappa shape index (κ3) is 2.58. The third-order valence-electron chi connectivity index (χ3n) is 3.51. The van der Waals surface area contributed by atoms with Gasteiger partial charge in [-0.1, -0.05) is 18.2 Å². The maximum absolute atomic E-state index is 12.3. The molecule has 1 fully saturated rings. The number of piperidine rings is 1. The lowest BCUT2D eigenvalue weighted by molar-refractivity contribution is 0.0468. The van der Waals surface area contributed by atoms with E-state index in [1.807, 2.05) is 30.3 Å². The van der Waals surface area contributed by atoms with Crippen molar-refractivity contribution in [3.63, 3.8) is 0 Å². The molecular formula is C15H17N3O2. The minimum absolute atomic E-state index is 0.113. The normalized spacial score (nSPS) is 19.1. The van der Waals surface area contributed by atoms with Crippen LogP contribution in [0.25, 0.3) is 5.69 Å². The van der Waals surface area contributed by atoms with E-state index in [2.05, 4.69) is 5.10 Å². The predicted octanol–water partition coefficient (Wildman–Crippen LogP) is 1.47. The van der Waals surface area contributed by atoms with Gasteiger partial charge in [0.15, 0.2) is 5.69 Å². The standard InChI is InChI=1S/C15H17N3O2/c19-13-7-4-9-17(11-13)15(20)14-8-10-18(16-14)12-5-2-1-3-6-12/h1-3,5-6,8,10,13,19H,4,7,9,11H2. The second kappa shape index (κ2) is 5.46. The molecule has 1 aliphatic heterocycles. The average molecular weight is 271 g/mol. The molecule has 1 aliphatic rings. The monoisotopic (exact) mass is 271 g/mol. The van der Waals surface area contributed by atoms with Gasteiger partial charge in [0.2, 0.25) is 0 Å². The molecule has 1 atom stereocenters. The van der Waals surface area contributed by atoms with Gasteiger partial charge < -0.3 is 10.0 Å². The lowest BCUT2D eigenvalue weighted by atomic mass is 10.1. The first-order valence-electron chi connectivity index (χ1n) is 6.82. The van der Waals surface area contributed by atoms with Crippen LogP contribution < -0.4 is 0 Å². The molecular weight excluding hydrogens is 254 g/mol. The molecule has 0 aliphatic carbocycles. The number of likely N-dealkylation sites (tertiary alicyclic amines) is 1. The van der Waals surface area contributed by atoms with Crippen LogP contribution in [0.1, 0.15) is 23.3 Å². The third-order valence-corrected chi connectivity index (χ3v) is 3.51. The minimum atomic E-state index is -0.413. The molecule has 3 rings (SSSR count). The first-order chi connectivity index (χ1) is 9.74. The number of β-amino-alcohol motifs (C(OH)–C–C–N with tert-alkyl or cyclic N) is 1. The Balaban J connectivity index is 1.78. The zero-order valence-electron chi connectivity index (χ0n) is 11.1. The number of aliphatic hydroxyl groups excluding tert-OH is 1. The highest BCUT2D eigenvalue weighted by Gasteiger charge is 2.24. The number of para-hydroxylation sites is 1. The van der Waals surface area contributed by atoms with Gasteiger partial charge in [-0.15, -0.1) is 0 Å². The van der Waals surface area contributed by atoms with Crippen LogP contribution in [-0.2, 0) is 0 Å². The molecule has 1 aromatic heterocycles. The van der Waals surface area contributed by atoms with E-state index in [1.165, 1.54) is 0 Å². The van der Waals surface area contributed by atoms with Crippen molar-refractivity contribution in [1.29, 1.82) is 0 Å². The highest BCUT2D eigenvalue weighted by molar-refractivity contribution is 5.92. The van der Waals surface area contributed by atoms with Crippen molar-refractivity contribution in [2.24, 2.45) is 0 Å². The lowest BCUT2D eigenvalue weighted by Crippen LogP contribution is -2.42. The Morgan fingerprint density at radius 1 is 1.25 bits per heavy atom. The Kier molecular flexibility index (Phi) is 3.52. The number of nitrogens with zero attached hydrogens (tertiary/aromatic N) is 3. The first-order valence-corrected chi connectivity index (χ1v) is 6.82. The number of carbonyl (C=O) groups is 1. The van der Waals surface area contributed by atoms with Gasteiger partial charge in [0.05, 0.1) is 11.8 Å². The molecule has 2 aromatic rings. The summed E-state index contributed by atoms with van der Waals surface area (Å²) in [6.45, 7) is 1.09. The molecule has 20 heavy (non-hydrogen) atoms. The van der Waals surface area contributed by atoms with Crippen molar-refractivity contribution >= 4 is 5.91 Å². The smallest absolute Gasteiger partial charge is 0.274 e. The van der Waals surface area contributed by atoms with Crippen LogP contribution in [0.4, 0.5) is 0 Å². The summed E-state index contributed by atoms with van der Waals surface area (Å²) in [6.07, 6.45) is 2.97. The summed E-state index contributed by atoms with van der Waals surface area (Å²) in [5.41, 5.74) is 1.34. The Bertz CT molecular complexity index is 594. The quantitative estimate of drug-likeness (QED) is 0.900. The molecule has 0 spiro atoms. The Morgan fingerprint density at radius 3 is 2.80 bits per heavy atom. The van der Waals surface area contributed by atoms with Crippen LogP contribution in [-0.4, -0.2) is 44.9 Å². The zero-order chi connectivity index (χ0) is 13.9. The number of aliphatic hydroxyl groups is 1. The van der Waals surface area contributed by atoms with Gasteiger partial charge in [0, 0.05) is 19.3 Å². The van der Waals surface area contributed by atoms with Gasteiger partial charge in [-0.3, -0.25) is 4.79 Å². The fourth-order valence-corrected chi connectivity index (χ4v) is 2.46. The van der Waals surface area contributed by atoms with E-state index >= 15 is 0 Å². The van der Waals surface area contributed by atoms with Gasteiger partial charge in [0.1, 0.15) is 0 Å². The van der Waals surface area contributed by atoms with Crippen LogP contribution in [0, 0.1) is 0 Å². The van der Waals surface area contributed by atoms with Crippen molar-refractivity contribution in [2.45, 2.75) is 18.9 Å². The fourth-order valence-electron chi connectivity index (χ4n) is 2.46. The van der Waals surface area contributed by atoms with E-state index in [4.69, 9.17) is 0 Å². The lowest BCUT2D eigenvalue weighted by Gasteiger charge is -2.29. The van der Waals surface area contributed by atoms with E-state index in [-0.39, 0.29) is 5.91 Å². The topological polar surface area (TPSA) is 58.4 Å². The molecule has 5 heteroatoms. The number of hydrogen-bond donors (Lipinski definition) is 1. The Labute approximate surface area is 117 Å². The summed E-state index contributed by atoms with van der Waals surface area (Å²) < 4.78 is 1.69. The van der Waals surface area contributed by atoms with Crippen LogP contribution in [0.5, 0.6) is 0 Å². The molecule has 0 radical (unpaired) electrons. The van der Waals surface area contributed by atoms with Crippen molar-refractivity contribution < 1.29 is 9.90 Å². The number of carbonyl (C=O) groups excluding carboxylic acids is 1. The molecule has 1 N–H and O–H groups in total. The summed E-state index contributed by atoms with van der Waals surface area (Å²) in [7, 11) is 0. The second-order valence-corrected chi connectivity index (χ2v) is 5.03. The molecule has 0 bridgehead atoms. The Hall–Kier alpha value is -2.14.